The number of rotatable bonds is 6. The van der Waals surface area contributed by atoms with Crippen molar-refractivity contribution >= 4 is 0 Å². The molecule has 2 nitrogen and oxygen atoms in total. The molecule has 0 bridgehead atoms. The van der Waals surface area contributed by atoms with Gasteiger partial charge in [0.2, 0.25) is 0 Å². The van der Waals surface area contributed by atoms with Crippen LogP contribution in [-0.4, -0.2) is 18.8 Å². The zero-order valence-corrected chi connectivity index (χ0v) is 13.4. The molecular weight excluding hydrogens is 246 g/mol. The lowest BCUT2D eigenvalue weighted by Gasteiger charge is -2.26. The van der Waals surface area contributed by atoms with Gasteiger partial charge in [0.05, 0.1) is 5.60 Å². The van der Waals surface area contributed by atoms with Crippen LogP contribution in [0.15, 0.2) is 24.3 Å². The Labute approximate surface area is 123 Å². The van der Waals surface area contributed by atoms with E-state index in [1.807, 2.05) is 0 Å². The molecule has 112 valence electrons. The molecule has 1 N–H and O–H groups in total. The molecule has 1 aliphatic rings. The Bertz CT molecular complexity index is 404. The first kappa shape index (κ1) is 15.5. The van der Waals surface area contributed by atoms with E-state index >= 15 is 0 Å². The predicted octanol–water partition coefficient (Wildman–Crippen LogP) is 4.10. The van der Waals surface area contributed by atoms with Crippen LogP contribution in [-0.2, 0) is 11.2 Å². The fraction of sp³-hybridized carbons (Fsp3) is 0.667. The molecule has 0 radical (unpaired) electrons. The van der Waals surface area contributed by atoms with Crippen LogP contribution in [0.3, 0.4) is 0 Å². The Kier molecular flexibility index (Phi) is 5.22. The third-order valence-electron chi connectivity index (χ3n) is 4.21. The molecular formula is C18H29NO. The summed E-state index contributed by atoms with van der Waals surface area (Å²) in [7, 11) is 0. The number of nitrogens with one attached hydrogen (secondary N) is 1. The fourth-order valence-electron chi connectivity index (χ4n) is 2.88. The van der Waals surface area contributed by atoms with E-state index in [0.717, 1.165) is 25.5 Å². The van der Waals surface area contributed by atoms with Crippen LogP contribution >= 0.6 is 0 Å². The summed E-state index contributed by atoms with van der Waals surface area (Å²) in [5.41, 5.74) is 2.83. The van der Waals surface area contributed by atoms with Gasteiger partial charge in [-0.3, -0.25) is 0 Å². The average molecular weight is 275 g/mol. The fourth-order valence-corrected chi connectivity index (χ4v) is 2.88. The van der Waals surface area contributed by atoms with Gasteiger partial charge in [0.15, 0.2) is 0 Å². The van der Waals surface area contributed by atoms with Crippen molar-refractivity contribution < 1.29 is 4.74 Å². The SMILES string of the molecule is CC(C)Cc1ccc(C(C)NCC2(C)CCCO2)cc1. The Balaban J connectivity index is 1.87. The zero-order valence-electron chi connectivity index (χ0n) is 13.4. The van der Waals surface area contributed by atoms with Gasteiger partial charge in [-0.2, -0.15) is 0 Å². The van der Waals surface area contributed by atoms with E-state index in [9.17, 15) is 0 Å². The maximum absolute atomic E-state index is 5.83. The second kappa shape index (κ2) is 6.73. The number of ether oxygens (including phenoxy) is 1. The van der Waals surface area contributed by atoms with E-state index in [1.54, 1.807) is 0 Å². The van der Waals surface area contributed by atoms with Gasteiger partial charge in [-0.05, 0) is 50.2 Å². The average Bonchev–Trinajstić information content (AvgIpc) is 2.84. The molecule has 1 heterocycles. The topological polar surface area (TPSA) is 21.3 Å². The van der Waals surface area contributed by atoms with Crippen molar-refractivity contribution in [2.75, 3.05) is 13.2 Å². The quantitative estimate of drug-likeness (QED) is 0.843. The Morgan fingerprint density at radius 3 is 2.45 bits per heavy atom. The molecule has 2 unspecified atom stereocenters. The zero-order chi connectivity index (χ0) is 14.6. The minimum atomic E-state index is 0.0336. The molecule has 1 aromatic rings. The van der Waals surface area contributed by atoms with Gasteiger partial charge in [-0.1, -0.05) is 38.1 Å². The summed E-state index contributed by atoms with van der Waals surface area (Å²) in [4.78, 5) is 0. The molecule has 0 saturated carbocycles. The smallest absolute Gasteiger partial charge is 0.0779 e. The van der Waals surface area contributed by atoms with E-state index in [1.165, 1.54) is 24.0 Å². The Morgan fingerprint density at radius 1 is 1.20 bits per heavy atom. The van der Waals surface area contributed by atoms with Crippen LogP contribution in [0.5, 0.6) is 0 Å². The summed E-state index contributed by atoms with van der Waals surface area (Å²) >= 11 is 0. The number of hydrogen-bond acceptors (Lipinski definition) is 2. The second-order valence-electron chi connectivity index (χ2n) is 6.84. The van der Waals surface area contributed by atoms with Crippen molar-refractivity contribution in [1.29, 1.82) is 0 Å². The highest BCUT2D eigenvalue weighted by Gasteiger charge is 2.29. The van der Waals surface area contributed by atoms with E-state index in [2.05, 4.69) is 57.3 Å². The van der Waals surface area contributed by atoms with Gasteiger partial charge in [-0.25, -0.2) is 0 Å². The van der Waals surface area contributed by atoms with Crippen molar-refractivity contribution in [3.8, 4) is 0 Å². The highest BCUT2D eigenvalue weighted by atomic mass is 16.5. The van der Waals surface area contributed by atoms with E-state index < -0.39 is 0 Å². The molecule has 1 saturated heterocycles. The monoisotopic (exact) mass is 275 g/mol. The molecule has 0 spiro atoms. The molecule has 1 aliphatic heterocycles. The predicted molar refractivity (Wildman–Crippen MR) is 85.0 cm³/mol. The molecule has 1 aromatic carbocycles. The number of hydrogen-bond donors (Lipinski definition) is 1. The largest absolute Gasteiger partial charge is 0.374 e. The molecule has 2 rings (SSSR count). The van der Waals surface area contributed by atoms with Gasteiger partial charge in [-0.15, -0.1) is 0 Å². The first-order valence-electron chi connectivity index (χ1n) is 7.95. The maximum atomic E-state index is 5.83. The summed E-state index contributed by atoms with van der Waals surface area (Å²) in [6, 6.07) is 9.42. The summed E-state index contributed by atoms with van der Waals surface area (Å²) in [5, 5.41) is 3.62. The van der Waals surface area contributed by atoms with Crippen LogP contribution in [0.4, 0.5) is 0 Å². The van der Waals surface area contributed by atoms with Crippen molar-refractivity contribution in [2.45, 2.75) is 58.6 Å². The maximum Gasteiger partial charge on any atom is 0.0779 e. The third kappa shape index (κ3) is 4.32. The molecule has 0 aromatic heterocycles. The highest BCUT2D eigenvalue weighted by Crippen LogP contribution is 2.25. The molecule has 1 fully saturated rings. The first-order valence-corrected chi connectivity index (χ1v) is 7.95. The second-order valence-corrected chi connectivity index (χ2v) is 6.84. The molecule has 0 amide bonds. The summed E-state index contributed by atoms with van der Waals surface area (Å²) in [5.74, 6) is 0.718. The Hall–Kier alpha value is -0.860. The van der Waals surface area contributed by atoms with Crippen LogP contribution in [0.2, 0.25) is 0 Å². The van der Waals surface area contributed by atoms with Gasteiger partial charge < -0.3 is 10.1 Å². The lowest BCUT2D eigenvalue weighted by Crippen LogP contribution is -2.38. The van der Waals surface area contributed by atoms with Crippen LogP contribution in [0.1, 0.15) is 57.7 Å². The molecule has 2 heteroatoms. The van der Waals surface area contributed by atoms with Gasteiger partial charge in [0, 0.05) is 19.2 Å². The van der Waals surface area contributed by atoms with Gasteiger partial charge >= 0.3 is 0 Å². The summed E-state index contributed by atoms with van der Waals surface area (Å²) < 4.78 is 5.83. The van der Waals surface area contributed by atoms with Crippen molar-refractivity contribution in [2.24, 2.45) is 5.92 Å². The van der Waals surface area contributed by atoms with Crippen LogP contribution < -0.4 is 5.32 Å². The van der Waals surface area contributed by atoms with E-state index in [-0.39, 0.29) is 5.60 Å². The van der Waals surface area contributed by atoms with Gasteiger partial charge in [0.25, 0.3) is 0 Å². The standard InChI is InChI=1S/C18H29NO/c1-14(2)12-16-6-8-17(9-7-16)15(3)19-13-18(4)10-5-11-20-18/h6-9,14-15,19H,5,10-13H2,1-4H3. The molecule has 2 atom stereocenters. The first-order chi connectivity index (χ1) is 9.48. The molecule has 0 aliphatic carbocycles. The van der Waals surface area contributed by atoms with Crippen molar-refractivity contribution in [3.63, 3.8) is 0 Å². The van der Waals surface area contributed by atoms with Crippen LogP contribution in [0.25, 0.3) is 0 Å². The van der Waals surface area contributed by atoms with Crippen molar-refractivity contribution in [1.82, 2.24) is 5.32 Å². The summed E-state index contributed by atoms with van der Waals surface area (Å²) in [6.07, 6.45) is 3.52. The van der Waals surface area contributed by atoms with Crippen molar-refractivity contribution in [3.05, 3.63) is 35.4 Å². The molecule has 20 heavy (non-hydrogen) atoms. The van der Waals surface area contributed by atoms with E-state index in [0.29, 0.717) is 6.04 Å². The lowest BCUT2D eigenvalue weighted by molar-refractivity contribution is 0.0191. The number of benzene rings is 1. The Morgan fingerprint density at radius 2 is 1.90 bits per heavy atom. The highest BCUT2D eigenvalue weighted by molar-refractivity contribution is 5.25. The normalized spacial score (nSPS) is 24.2. The van der Waals surface area contributed by atoms with E-state index in [4.69, 9.17) is 4.74 Å². The third-order valence-corrected chi connectivity index (χ3v) is 4.21. The summed E-state index contributed by atoms with van der Waals surface area (Å²) in [6.45, 7) is 10.8. The minimum Gasteiger partial charge on any atom is -0.374 e. The lowest BCUT2D eigenvalue weighted by atomic mass is 9.99. The van der Waals surface area contributed by atoms with Crippen LogP contribution in [0, 0.1) is 5.92 Å². The minimum absolute atomic E-state index is 0.0336. The van der Waals surface area contributed by atoms with Gasteiger partial charge in [0.1, 0.15) is 0 Å².